The Morgan fingerprint density at radius 1 is 1.38 bits per heavy atom. The molecule has 0 aliphatic rings. The van der Waals surface area contributed by atoms with E-state index >= 15 is 0 Å². The molecule has 2 nitrogen and oxygen atoms in total. The highest BCUT2D eigenvalue weighted by Gasteiger charge is 1.78. The van der Waals surface area contributed by atoms with Crippen LogP contribution in [-0.2, 0) is 0 Å². The molecule has 0 aromatic carbocycles. The lowest BCUT2D eigenvalue weighted by Gasteiger charge is -1.81. The minimum Gasteiger partial charge on any atom is -0.244 e. The molecule has 1 heterocycles. The first-order valence-electron chi connectivity index (χ1n) is 2.15. The van der Waals surface area contributed by atoms with E-state index in [4.69, 9.17) is 6.42 Å². The molecule has 2 heteroatoms. The van der Waals surface area contributed by atoms with Gasteiger partial charge in [-0.15, -0.1) is 6.42 Å². The van der Waals surface area contributed by atoms with Crippen LogP contribution >= 0.6 is 0 Å². The average Bonchev–Trinajstić information content (AvgIpc) is 1.90. The van der Waals surface area contributed by atoms with Crippen molar-refractivity contribution in [3.05, 3.63) is 24.3 Å². The van der Waals surface area contributed by atoms with Crippen molar-refractivity contribution in [3.63, 3.8) is 0 Å². The second kappa shape index (κ2) is 2.08. The molecule has 0 amide bonds. The Kier molecular flexibility index (Phi) is 1.25. The Hall–Kier alpha value is -1.36. The molecule has 8 heavy (non-hydrogen) atoms. The summed E-state index contributed by atoms with van der Waals surface area (Å²) in [5.74, 6) is 2.40. The maximum atomic E-state index is 5.02. The molecule has 0 bridgehead atoms. The third kappa shape index (κ3) is 0.824. The first kappa shape index (κ1) is 4.79. The Labute approximate surface area is 47.6 Å². The van der Waals surface area contributed by atoms with Gasteiger partial charge in [0.2, 0.25) is 0 Å². The van der Waals surface area contributed by atoms with Crippen molar-refractivity contribution in [1.29, 1.82) is 0 Å². The Morgan fingerprint density at radius 3 is 2.38 bits per heavy atom. The van der Waals surface area contributed by atoms with Crippen LogP contribution < -0.4 is 0 Å². The van der Waals surface area contributed by atoms with Gasteiger partial charge in [-0.1, -0.05) is 5.92 Å². The van der Waals surface area contributed by atoms with Crippen molar-refractivity contribution in [2.24, 2.45) is 0 Å². The van der Waals surface area contributed by atoms with E-state index < -0.39 is 0 Å². The van der Waals surface area contributed by atoms with E-state index in [1.54, 1.807) is 12.4 Å². The lowest BCUT2D eigenvalue weighted by Crippen LogP contribution is -1.77. The summed E-state index contributed by atoms with van der Waals surface area (Å²) in [6.45, 7) is 0. The number of aromatic nitrogens is 2. The van der Waals surface area contributed by atoms with Crippen LogP contribution in [0.25, 0.3) is 0 Å². The van der Waals surface area contributed by atoms with E-state index in [2.05, 4.69) is 15.9 Å². The average molecular weight is 104 g/mol. The van der Waals surface area contributed by atoms with Crippen molar-refractivity contribution < 1.29 is 0 Å². The largest absolute Gasteiger partial charge is 0.244 e. The fourth-order valence-electron chi connectivity index (χ4n) is 0.374. The molecule has 0 aliphatic carbocycles. The second-order valence-electron chi connectivity index (χ2n) is 1.27. The SMILES string of the molecule is C#Cc1cncnc1. The van der Waals surface area contributed by atoms with Gasteiger partial charge < -0.3 is 0 Å². The van der Waals surface area contributed by atoms with Gasteiger partial charge in [0.15, 0.2) is 0 Å². The van der Waals surface area contributed by atoms with Crippen molar-refractivity contribution >= 4 is 0 Å². The summed E-state index contributed by atoms with van der Waals surface area (Å²) in [7, 11) is 0. The van der Waals surface area contributed by atoms with E-state index in [1.165, 1.54) is 6.33 Å². The van der Waals surface area contributed by atoms with Gasteiger partial charge >= 0.3 is 0 Å². The number of rotatable bonds is 0. The Morgan fingerprint density at radius 2 is 2.00 bits per heavy atom. The Balaban J connectivity index is 3.05. The first-order chi connectivity index (χ1) is 3.93. The molecule has 1 aromatic rings. The van der Waals surface area contributed by atoms with Gasteiger partial charge in [0, 0.05) is 12.4 Å². The van der Waals surface area contributed by atoms with Crippen molar-refractivity contribution in [3.8, 4) is 12.3 Å². The maximum Gasteiger partial charge on any atom is 0.115 e. The van der Waals surface area contributed by atoms with E-state index in [0.717, 1.165) is 0 Å². The van der Waals surface area contributed by atoms with E-state index in [9.17, 15) is 0 Å². The van der Waals surface area contributed by atoms with E-state index in [0.29, 0.717) is 5.56 Å². The predicted octanol–water partition coefficient (Wildman–Crippen LogP) is 0.458. The van der Waals surface area contributed by atoms with Gasteiger partial charge in [-0.2, -0.15) is 0 Å². The molecule has 0 radical (unpaired) electrons. The normalized spacial score (nSPS) is 7.88. The van der Waals surface area contributed by atoms with Gasteiger partial charge in [0.1, 0.15) is 6.33 Å². The summed E-state index contributed by atoms with van der Waals surface area (Å²) in [6.07, 6.45) is 9.65. The van der Waals surface area contributed by atoms with Gasteiger partial charge in [-0.05, 0) is 0 Å². The monoisotopic (exact) mass is 104 g/mol. The molecule has 38 valence electrons. The molecular weight excluding hydrogens is 100 g/mol. The van der Waals surface area contributed by atoms with E-state index in [1.807, 2.05) is 0 Å². The predicted molar refractivity (Wildman–Crippen MR) is 30.0 cm³/mol. The highest BCUT2D eigenvalue weighted by Crippen LogP contribution is 1.85. The molecule has 1 aromatic heterocycles. The molecule has 0 fully saturated rings. The summed E-state index contributed by atoms with van der Waals surface area (Å²) in [6, 6.07) is 0. The topological polar surface area (TPSA) is 25.8 Å². The zero-order chi connectivity index (χ0) is 5.82. The van der Waals surface area contributed by atoms with Crippen LogP contribution in [0.4, 0.5) is 0 Å². The molecule has 1 rings (SSSR count). The zero-order valence-electron chi connectivity index (χ0n) is 4.20. The zero-order valence-corrected chi connectivity index (χ0v) is 4.20. The lowest BCUT2D eigenvalue weighted by molar-refractivity contribution is 1.16. The second-order valence-corrected chi connectivity index (χ2v) is 1.27. The molecule has 0 saturated carbocycles. The summed E-state index contributed by atoms with van der Waals surface area (Å²) < 4.78 is 0. The number of terminal acetylenes is 1. The van der Waals surface area contributed by atoms with Crippen molar-refractivity contribution in [1.82, 2.24) is 9.97 Å². The van der Waals surface area contributed by atoms with Gasteiger partial charge in [0.05, 0.1) is 5.56 Å². The standard InChI is InChI=1S/C6H4N2/c1-2-6-3-7-5-8-4-6/h1,3-5H. The molecule has 0 saturated heterocycles. The summed E-state index contributed by atoms with van der Waals surface area (Å²) in [5.41, 5.74) is 0.715. The molecule has 0 spiro atoms. The number of hydrogen-bond acceptors (Lipinski definition) is 2. The van der Waals surface area contributed by atoms with Gasteiger partial charge in [0.25, 0.3) is 0 Å². The molecule has 0 unspecified atom stereocenters. The highest BCUT2D eigenvalue weighted by molar-refractivity contribution is 5.24. The fraction of sp³-hybridized carbons (Fsp3) is 0. The summed E-state index contributed by atoms with van der Waals surface area (Å²) in [4.78, 5) is 7.40. The fourth-order valence-corrected chi connectivity index (χ4v) is 0.374. The molecular formula is C6H4N2. The van der Waals surface area contributed by atoms with Gasteiger partial charge in [-0.3, -0.25) is 0 Å². The van der Waals surface area contributed by atoms with E-state index in [-0.39, 0.29) is 0 Å². The van der Waals surface area contributed by atoms with Crippen LogP contribution in [-0.4, -0.2) is 9.97 Å². The van der Waals surface area contributed by atoms with Crippen LogP contribution in [0.15, 0.2) is 18.7 Å². The third-order valence-corrected chi connectivity index (χ3v) is 0.727. The summed E-state index contributed by atoms with van der Waals surface area (Å²) in [5, 5.41) is 0. The van der Waals surface area contributed by atoms with Crippen LogP contribution in [0.1, 0.15) is 5.56 Å². The molecule has 0 aliphatic heterocycles. The molecule has 0 atom stereocenters. The van der Waals surface area contributed by atoms with Crippen LogP contribution in [0.3, 0.4) is 0 Å². The van der Waals surface area contributed by atoms with Crippen LogP contribution in [0, 0.1) is 12.3 Å². The van der Waals surface area contributed by atoms with Crippen LogP contribution in [0.2, 0.25) is 0 Å². The maximum absolute atomic E-state index is 5.02. The highest BCUT2D eigenvalue weighted by atomic mass is 14.8. The minimum atomic E-state index is 0.715. The molecule has 0 N–H and O–H groups in total. The first-order valence-corrected chi connectivity index (χ1v) is 2.15. The van der Waals surface area contributed by atoms with Crippen LogP contribution in [0.5, 0.6) is 0 Å². The van der Waals surface area contributed by atoms with Crippen molar-refractivity contribution in [2.45, 2.75) is 0 Å². The Bertz CT molecular complexity index is 198. The number of hydrogen-bond donors (Lipinski definition) is 0. The quantitative estimate of drug-likeness (QED) is 0.447. The summed E-state index contributed by atoms with van der Waals surface area (Å²) >= 11 is 0. The third-order valence-electron chi connectivity index (χ3n) is 0.727. The van der Waals surface area contributed by atoms with Crippen molar-refractivity contribution in [2.75, 3.05) is 0 Å². The van der Waals surface area contributed by atoms with Gasteiger partial charge in [-0.25, -0.2) is 9.97 Å². The smallest absolute Gasteiger partial charge is 0.115 e. The number of nitrogens with zero attached hydrogens (tertiary/aromatic N) is 2. The minimum absolute atomic E-state index is 0.715. The lowest BCUT2D eigenvalue weighted by atomic mass is 10.4.